The quantitative estimate of drug-likeness (QED) is 0.745. The molecule has 1 aromatic rings. The number of hydrogen-bond acceptors (Lipinski definition) is 5. The number of ether oxygens (including phenoxy) is 1. The number of aromatic nitrogens is 1. The lowest BCUT2D eigenvalue weighted by molar-refractivity contribution is 0.0243. The highest BCUT2D eigenvalue weighted by atomic mass is 16.5. The molecule has 1 aromatic heterocycles. The molecule has 0 saturated carbocycles. The minimum absolute atomic E-state index is 0.0748. The van der Waals surface area contributed by atoms with Gasteiger partial charge in [0.05, 0.1) is 19.4 Å². The molecular formula is C21H36N4O3. The number of nitrogens with zero attached hydrogens (tertiary/aromatic N) is 3. The van der Waals surface area contributed by atoms with Crippen LogP contribution in [-0.4, -0.2) is 70.9 Å². The van der Waals surface area contributed by atoms with E-state index in [0.717, 1.165) is 24.3 Å². The number of aliphatic hydroxyl groups excluding tert-OH is 1. The van der Waals surface area contributed by atoms with Crippen LogP contribution in [0.3, 0.4) is 0 Å². The van der Waals surface area contributed by atoms with Crippen LogP contribution < -0.4 is 10.1 Å². The molecule has 1 saturated heterocycles. The van der Waals surface area contributed by atoms with Gasteiger partial charge in [-0.05, 0) is 31.7 Å². The van der Waals surface area contributed by atoms with Crippen molar-refractivity contribution >= 4 is 6.03 Å². The van der Waals surface area contributed by atoms with Gasteiger partial charge in [-0.25, -0.2) is 4.79 Å². The van der Waals surface area contributed by atoms with Crippen LogP contribution in [0.15, 0.2) is 18.5 Å². The number of carbonyl (C=O) groups excluding carboxylic acids is 1. The van der Waals surface area contributed by atoms with Crippen LogP contribution in [0.1, 0.15) is 46.6 Å². The number of rotatable bonds is 7. The second kappa shape index (κ2) is 9.56. The molecule has 2 rings (SSSR count). The van der Waals surface area contributed by atoms with E-state index in [0.29, 0.717) is 32.8 Å². The summed E-state index contributed by atoms with van der Waals surface area (Å²) < 4.78 is 5.91. The zero-order chi connectivity index (χ0) is 20.8. The average Bonchev–Trinajstić information content (AvgIpc) is 2.61. The number of aliphatic hydroxyl groups is 1. The summed E-state index contributed by atoms with van der Waals surface area (Å²) in [4.78, 5) is 20.9. The lowest BCUT2D eigenvalue weighted by atomic mass is 9.93. The standard InChI is InChI=1S/C21H36N4O3/c1-20(2,3)7-13-28-18-15-22-8-6-17(18)14-23-19(27)24-9-10-25(11-12-26)21(4,5)16-24/h6,8,15,26H,7,9-14,16H2,1-5H3,(H,23,27). The Morgan fingerprint density at radius 1 is 1.36 bits per heavy atom. The Labute approximate surface area is 169 Å². The van der Waals surface area contributed by atoms with Crippen LogP contribution in [0.5, 0.6) is 5.75 Å². The normalized spacial score (nSPS) is 17.4. The molecule has 0 spiro atoms. The summed E-state index contributed by atoms with van der Waals surface area (Å²) in [5, 5.41) is 12.2. The van der Waals surface area contributed by atoms with Crippen molar-refractivity contribution in [2.45, 2.75) is 53.1 Å². The van der Waals surface area contributed by atoms with Gasteiger partial charge in [0.15, 0.2) is 0 Å². The number of carbonyl (C=O) groups is 1. The van der Waals surface area contributed by atoms with E-state index >= 15 is 0 Å². The fourth-order valence-corrected chi connectivity index (χ4v) is 3.33. The minimum atomic E-state index is -0.157. The largest absolute Gasteiger partial charge is 0.492 e. The van der Waals surface area contributed by atoms with Crippen molar-refractivity contribution in [1.82, 2.24) is 20.1 Å². The number of piperazine rings is 1. The van der Waals surface area contributed by atoms with E-state index in [4.69, 9.17) is 4.74 Å². The van der Waals surface area contributed by atoms with Crippen molar-refractivity contribution in [3.8, 4) is 5.75 Å². The van der Waals surface area contributed by atoms with Gasteiger partial charge in [0.25, 0.3) is 0 Å². The molecule has 158 valence electrons. The molecule has 1 aliphatic rings. The smallest absolute Gasteiger partial charge is 0.317 e. The molecule has 2 heterocycles. The zero-order valence-electron chi connectivity index (χ0n) is 18.0. The van der Waals surface area contributed by atoms with Gasteiger partial charge >= 0.3 is 6.03 Å². The molecule has 0 radical (unpaired) electrons. The highest BCUT2D eigenvalue weighted by Gasteiger charge is 2.35. The average molecular weight is 393 g/mol. The summed E-state index contributed by atoms with van der Waals surface area (Å²) in [7, 11) is 0. The lowest BCUT2D eigenvalue weighted by Crippen LogP contribution is -2.62. The van der Waals surface area contributed by atoms with Gasteiger partial charge in [0.1, 0.15) is 5.75 Å². The third-order valence-corrected chi connectivity index (χ3v) is 5.14. The van der Waals surface area contributed by atoms with Crippen molar-refractivity contribution < 1.29 is 14.6 Å². The fourth-order valence-electron chi connectivity index (χ4n) is 3.33. The first-order valence-electron chi connectivity index (χ1n) is 10.1. The molecule has 2 amide bonds. The van der Waals surface area contributed by atoms with E-state index in [2.05, 4.69) is 49.8 Å². The number of urea groups is 1. The molecule has 0 aliphatic carbocycles. The monoisotopic (exact) mass is 392 g/mol. The number of β-amino-alcohol motifs (C(OH)–C–C–N with tert-alkyl or cyclic N) is 1. The highest BCUT2D eigenvalue weighted by Crippen LogP contribution is 2.22. The van der Waals surface area contributed by atoms with Gasteiger partial charge in [0, 0.05) is 50.0 Å². The van der Waals surface area contributed by atoms with Crippen molar-refractivity contribution in [2.75, 3.05) is 39.4 Å². The van der Waals surface area contributed by atoms with Gasteiger partial charge in [-0.15, -0.1) is 0 Å². The van der Waals surface area contributed by atoms with E-state index in [1.807, 2.05) is 11.0 Å². The second-order valence-electron chi connectivity index (χ2n) is 9.25. The topological polar surface area (TPSA) is 77.9 Å². The molecule has 7 nitrogen and oxygen atoms in total. The summed E-state index contributed by atoms with van der Waals surface area (Å²) in [6, 6.07) is 1.81. The molecule has 0 unspecified atom stereocenters. The Kier molecular flexibility index (Phi) is 7.66. The Hall–Kier alpha value is -1.86. The fraction of sp³-hybridized carbons (Fsp3) is 0.714. The van der Waals surface area contributed by atoms with Crippen LogP contribution in [0.2, 0.25) is 0 Å². The van der Waals surface area contributed by atoms with Crippen molar-refractivity contribution in [3.63, 3.8) is 0 Å². The summed E-state index contributed by atoms with van der Waals surface area (Å²) in [5.41, 5.74) is 0.980. The maximum Gasteiger partial charge on any atom is 0.317 e. The maximum atomic E-state index is 12.7. The summed E-state index contributed by atoms with van der Waals surface area (Å²) in [5.74, 6) is 0.722. The van der Waals surface area contributed by atoms with Gasteiger partial charge in [0.2, 0.25) is 0 Å². The van der Waals surface area contributed by atoms with E-state index in [-0.39, 0.29) is 23.6 Å². The second-order valence-corrected chi connectivity index (χ2v) is 9.25. The van der Waals surface area contributed by atoms with Crippen LogP contribution in [-0.2, 0) is 6.54 Å². The Morgan fingerprint density at radius 2 is 2.11 bits per heavy atom. The minimum Gasteiger partial charge on any atom is -0.492 e. The molecule has 1 fully saturated rings. The number of pyridine rings is 1. The predicted octanol–water partition coefficient (Wildman–Crippen LogP) is 2.49. The molecule has 0 aromatic carbocycles. The highest BCUT2D eigenvalue weighted by molar-refractivity contribution is 5.74. The first-order valence-corrected chi connectivity index (χ1v) is 10.1. The summed E-state index contributed by atoms with van der Waals surface area (Å²) in [6.07, 6.45) is 4.37. The third kappa shape index (κ3) is 6.63. The Balaban J connectivity index is 1.89. The van der Waals surface area contributed by atoms with Crippen LogP contribution >= 0.6 is 0 Å². The van der Waals surface area contributed by atoms with E-state index in [1.165, 1.54) is 0 Å². The van der Waals surface area contributed by atoms with E-state index < -0.39 is 0 Å². The van der Waals surface area contributed by atoms with Crippen LogP contribution in [0.4, 0.5) is 4.79 Å². The third-order valence-electron chi connectivity index (χ3n) is 5.14. The number of nitrogens with one attached hydrogen (secondary N) is 1. The van der Waals surface area contributed by atoms with Gasteiger partial charge in [-0.2, -0.15) is 0 Å². The molecule has 2 N–H and O–H groups in total. The molecule has 0 bridgehead atoms. The van der Waals surface area contributed by atoms with Crippen LogP contribution in [0, 0.1) is 5.41 Å². The van der Waals surface area contributed by atoms with Crippen molar-refractivity contribution in [3.05, 3.63) is 24.0 Å². The van der Waals surface area contributed by atoms with Crippen molar-refractivity contribution in [1.29, 1.82) is 0 Å². The van der Waals surface area contributed by atoms with E-state index in [1.54, 1.807) is 12.4 Å². The Morgan fingerprint density at radius 3 is 2.75 bits per heavy atom. The number of amides is 2. The van der Waals surface area contributed by atoms with Gasteiger partial charge in [-0.3, -0.25) is 9.88 Å². The van der Waals surface area contributed by atoms with Gasteiger partial charge in [-0.1, -0.05) is 20.8 Å². The Bertz CT molecular complexity index is 643. The molecule has 7 heteroatoms. The number of hydrogen-bond donors (Lipinski definition) is 2. The molecule has 28 heavy (non-hydrogen) atoms. The maximum absolute atomic E-state index is 12.7. The lowest BCUT2D eigenvalue weighted by Gasteiger charge is -2.46. The summed E-state index contributed by atoms with van der Waals surface area (Å²) >= 11 is 0. The zero-order valence-corrected chi connectivity index (χ0v) is 18.0. The molecular weight excluding hydrogens is 356 g/mol. The first kappa shape index (κ1) is 22.4. The molecule has 0 atom stereocenters. The SMILES string of the molecule is CC(C)(C)CCOc1cnccc1CNC(=O)N1CCN(CCO)C(C)(C)C1. The molecule has 1 aliphatic heterocycles. The van der Waals surface area contributed by atoms with Crippen LogP contribution in [0.25, 0.3) is 0 Å². The van der Waals surface area contributed by atoms with E-state index in [9.17, 15) is 9.90 Å². The van der Waals surface area contributed by atoms with Crippen molar-refractivity contribution in [2.24, 2.45) is 5.41 Å². The van der Waals surface area contributed by atoms with Gasteiger partial charge < -0.3 is 20.1 Å². The summed E-state index contributed by atoms with van der Waals surface area (Å²) in [6.45, 7) is 14.6. The first-order chi connectivity index (χ1) is 13.1. The predicted molar refractivity (Wildman–Crippen MR) is 110 cm³/mol.